The number of nitriles is 1. The second kappa shape index (κ2) is 6.21. The Kier molecular flexibility index (Phi) is 4.56. The third-order valence-electron chi connectivity index (χ3n) is 1.63. The van der Waals surface area contributed by atoms with Crippen molar-refractivity contribution in [2.75, 3.05) is 6.61 Å². The maximum Gasteiger partial charge on any atom is 0.411 e. The number of carbonyl (C=O) groups excluding carboxylic acids is 1. The van der Waals surface area contributed by atoms with Gasteiger partial charge in [-0.2, -0.15) is 5.26 Å². The second-order valence-corrected chi connectivity index (χ2v) is 2.81. The molecule has 0 N–H and O–H groups in total. The molecule has 0 amide bonds. The molecule has 1 aromatic carbocycles. The number of carbonyl (C=O) groups is 1. The fourth-order valence-corrected chi connectivity index (χ4v) is 0.925. The molecule has 1 aromatic rings. The molecule has 0 fully saturated rings. The van der Waals surface area contributed by atoms with Crippen LogP contribution in [0.3, 0.4) is 0 Å². The highest BCUT2D eigenvalue weighted by atomic mass is 19.1. The predicted octanol–water partition coefficient (Wildman–Crippen LogP) is 1.63. The van der Waals surface area contributed by atoms with Crippen LogP contribution in [0.2, 0.25) is 0 Å². The number of halogens is 1. The Morgan fingerprint density at radius 2 is 2.06 bits per heavy atom. The van der Waals surface area contributed by atoms with Crippen molar-refractivity contribution in [2.45, 2.75) is 6.42 Å². The minimum atomic E-state index is -0.913. The van der Waals surface area contributed by atoms with Crippen molar-refractivity contribution in [3.05, 3.63) is 35.6 Å². The van der Waals surface area contributed by atoms with Gasteiger partial charge in [0.2, 0.25) is 0 Å². The van der Waals surface area contributed by atoms with Crippen molar-refractivity contribution in [2.24, 2.45) is 0 Å². The van der Waals surface area contributed by atoms with Gasteiger partial charge in [0.1, 0.15) is 12.4 Å². The lowest BCUT2D eigenvalue weighted by Gasteiger charge is -1.93. The quantitative estimate of drug-likeness (QED) is 0.327. The number of ether oxygens (including phenoxy) is 1. The lowest BCUT2D eigenvalue weighted by Crippen LogP contribution is -2.01. The van der Waals surface area contributed by atoms with Crippen LogP contribution >= 0.6 is 0 Å². The van der Waals surface area contributed by atoms with Crippen molar-refractivity contribution in [3.63, 3.8) is 0 Å². The fourth-order valence-electron chi connectivity index (χ4n) is 0.925. The molecular formula is C12H8FNO2. The smallest absolute Gasteiger partial charge is 0.411 e. The first kappa shape index (κ1) is 11.7. The molecule has 0 heterocycles. The first-order valence-corrected chi connectivity index (χ1v) is 4.53. The SMILES string of the molecule is N#CC(=O)OCCC#Cc1ccc(F)cc1. The van der Waals surface area contributed by atoms with Gasteiger partial charge in [0, 0.05) is 12.0 Å². The minimum Gasteiger partial charge on any atom is -0.454 e. The van der Waals surface area contributed by atoms with Crippen LogP contribution in [0, 0.1) is 29.0 Å². The van der Waals surface area contributed by atoms with E-state index >= 15 is 0 Å². The van der Waals surface area contributed by atoms with Crippen molar-refractivity contribution >= 4 is 5.97 Å². The van der Waals surface area contributed by atoms with Gasteiger partial charge in [-0.3, -0.25) is 0 Å². The number of hydrogen-bond acceptors (Lipinski definition) is 3. The van der Waals surface area contributed by atoms with E-state index in [1.807, 2.05) is 0 Å². The number of benzene rings is 1. The van der Waals surface area contributed by atoms with E-state index in [2.05, 4.69) is 16.6 Å². The average Bonchev–Trinajstić information content (AvgIpc) is 2.31. The van der Waals surface area contributed by atoms with Gasteiger partial charge < -0.3 is 4.74 Å². The highest BCUT2D eigenvalue weighted by Crippen LogP contribution is 2.00. The zero-order chi connectivity index (χ0) is 11.8. The Bertz CT molecular complexity index is 463. The zero-order valence-electron chi connectivity index (χ0n) is 8.37. The molecule has 0 aliphatic carbocycles. The van der Waals surface area contributed by atoms with E-state index in [-0.39, 0.29) is 12.4 Å². The van der Waals surface area contributed by atoms with Crippen LogP contribution in [0.4, 0.5) is 4.39 Å². The molecule has 0 saturated carbocycles. The number of esters is 1. The van der Waals surface area contributed by atoms with Crippen molar-refractivity contribution < 1.29 is 13.9 Å². The standard InChI is InChI=1S/C12H8FNO2/c13-11-6-4-10(5-7-11)3-1-2-8-16-12(15)9-14/h4-7H,2,8H2. The second-order valence-electron chi connectivity index (χ2n) is 2.81. The molecule has 1 rings (SSSR count). The fraction of sp³-hybridized carbons (Fsp3) is 0.167. The maximum absolute atomic E-state index is 12.5. The normalized spacial score (nSPS) is 8.50. The van der Waals surface area contributed by atoms with Crippen molar-refractivity contribution in [1.29, 1.82) is 5.26 Å². The molecule has 0 bridgehead atoms. The molecular weight excluding hydrogens is 209 g/mol. The Labute approximate surface area is 92.5 Å². The van der Waals surface area contributed by atoms with Gasteiger partial charge in [-0.15, -0.1) is 0 Å². The van der Waals surface area contributed by atoms with E-state index < -0.39 is 5.97 Å². The number of hydrogen-bond donors (Lipinski definition) is 0. The van der Waals surface area contributed by atoms with E-state index in [9.17, 15) is 9.18 Å². The summed E-state index contributed by atoms with van der Waals surface area (Å²) < 4.78 is 17.0. The van der Waals surface area contributed by atoms with E-state index in [0.717, 1.165) is 0 Å². The molecule has 0 radical (unpaired) electrons. The summed E-state index contributed by atoms with van der Waals surface area (Å²) in [5.74, 6) is 4.29. The Hall–Kier alpha value is -2.33. The van der Waals surface area contributed by atoms with Gasteiger partial charge in [0.25, 0.3) is 0 Å². The summed E-state index contributed by atoms with van der Waals surface area (Å²) in [6.07, 6.45) is 0.338. The summed E-state index contributed by atoms with van der Waals surface area (Å²) in [7, 11) is 0. The van der Waals surface area contributed by atoms with Crippen LogP contribution in [-0.4, -0.2) is 12.6 Å². The molecule has 3 nitrogen and oxygen atoms in total. The molecule has 0 aliphatic rings. The van der Waals surface area contributed by atoms with Crippen LogP contribution in [0.25, 0.3) is 0 Å². The third kappa shape index (κ3) is 4.26. The summed E-state index contributed by atoms with van der Waals surface area (Å²) in [4.78, 5) is 10.4. The summed E-state index contributed by atoms with van der Waals surface area (Å²) >= 11 is 0. The molecule has 80 valence electrons. The van der Waals surface area contributed by atoms with Crippen LogP contribution in [0.1, 0.15) is 12.0 Å². The van der Waals surface area contributed by atoms with E-state index in [0.29, 0.717) is 12.0 Å². The molecule has 0 saturated heterocycles. The van der Waals surface area contributed by atoms with Crippen molar-refractivity contribution in [1.82, 2.24) is 0 Å². The largest absolute Gasteiger partial charge is 0.454 e. The summed E-state index contributed by atoms with van der Waals surface area (Å²) in [6, 6.07) is 7.09. The predicted molar refractivity (Wildman–Crippen MR) is 54.5 cm³/mol. The van der Waals surface area contributed by atoms with E-state index in [1.165, 1.54) is 18.2 Å². The first-order chi connectivity index (χ1) is 7.72. The molecule has 0 aromatic heterocycles. The topological polar surface area (TPSA) is 50.1 Å². The van der Waals surface area contributed by atoms with Crippen LogP contribution in [0.15, 0.2) is 24.3 Å². The van der Waals surface area contributed by atoms with Gasteiger partial charge in [-0.25, -0.2) is 9.18 Å². The highest BCUT2D eigenvalue weighted by molar-refractivity contribution is 5.85. The lowest BCUT2D eigenvalue weighted by molar-refractivity contribution is -0.136. The molecule has 0 unspecified atom stereocenters. The van der Waals surface area contributed by atoms with E-state index in [4.69, 9.17) is 5.26 Å². The molecule has 0 aliphatic heterocycles. The van der Waals surface area contributed by atoms with Gasteiger partial charge in [-0.05, 0) is 24.3 Å². The molecule has 0 atom stereocenters. The van der Waals surface area contributed by atoms with Gasteiger partial charge in [0.15, 0.2) is 6.07 Å². The zero-order valence-corrected chi connectivity index (χ0v) is 8.37. The van der Waals surface area contributed by atoms with E-state index in [1.54, 1.807) is 12.1 Å². The monoisotopic (exact) mass is 217 g/mol. The average molecular weight is 217 g/mol. The lowest BCUT2D eigenvalue weighted by atomic mass is 10.2. The van der Waals surface area contributed by atoms with Gasteiger partial charge in [-0.1, -0.05) is 11.8 Å². The number of nitrogens with zero attached hydrogens (tertiary/aromatic N) is 1. The molecule has 0 spiro atoms. The van der Waals surface area contributed by atoms with Gasteiger partial charge in [0.05, 0.1) is 0 Å². The van der Waals surface area contributed by atoms with Crippen LogP contribution in [-0.2, 0) is 9.53 Å². The maximum atomic E-state index is 12.5. The first-order valence-electron chi connectivity index (χ1n) is 4.53. The van der Waals surface area contributed by atoms with Crippen LogP contribution in [0.5, 0.6) is 0 Å². The summed E-state index contributed by atoms with van der Waals surface area (Å²) in [5, 5.41) is 8.10. The summed E-state index contributed by atoms with van der Waals surface area (Å²) in [5.41, 5.74) is 0.688. The number of rotatable bonds is 2. The van der Waals surface area contributed by atoms with Crippen molar-refractivity contribution in [3.8, 4) is 17.9 Å². The van der Waals surface area contributed by atoms with Crippen LogP contribution < -0.4 is 0 Å². The summed E-state index contributed by atoms with van der Waals surface area (Å²) in [6.45, 7) is 0.0839. The molecule has 16 heavy (non-hydrogen) atoms. The Morgan fingerprint density at radius 3 is 2.69 bits per heavy atom. The van der Waals surface area contributed by atoms with Gasteiger partial charge >= 0.3 is 5.97 Å². The third-order valence-corrected chi connectivity index (χ3v) is 1.63. The highest BCUT2D eigenvalue weighted by Gasteiger charge is 1.95. The molecule has 4 heteroatoms. The Balaban J connectivity index is 2.36. The Morgan fingerprint density at radius 1 is 1.38 bits per heavy atom. The minimum absolute atomic E-state index is 0.0839.